The summed E-state index contributed by atoms with van der Waals surface area (Å²) < 4.78 is 1.14. The van der Waals surface area contributed by atoms with Crippen molar-refractivity contribution in [3.05, 3.63) is 62.9 Å². The maximum Gasteiger partial charge on any atom is 0.255 e. The molecular formula is C25H29N3O2S2. The lowest BCUT2D eigenvalue weighted by Gasteiger charge is -2.39. The van der Waals surface area contributed by atoms with Crippen LogP contribution in [0.3, 0.4) is 0 Å². The van der Waals surface area contributed by atoms with E-state index in [-0.39, 0.29) is 23.0 Å². The summed E-state index contributed by atoms with van der Waals surface area (Å²) in [6, 6.07) is 7.68. The number of hydrogen-bond acceptors (Lipinski definition) is 6. The summed E-state index contributed by atoms with van der Waals surface area (Å²) in [6.07, 6.45) is 3.31. The van der Waals surface area contributed by atoms with Crippen molar-refractivity contribution in [3.8, 4) is 0 Å². The molecule has 2 N–H and O–H groups in total. The van der Waals surface area contributed by atoms with Crippen LogP contribution in [0.15, 0.2) is 51.0 Å². The fraction of sp³-hybridized carbons (Fsp3) is 0.400. The molecule has 1 amide bonds. The highest BCUT2D eigenvalue weighted by molar-refractivity contribution is 8.00. The quantitative estimate of drug-likeness (QED) is 0.563. The Morgan fingerprint density at radius 3 is 2.69 bits per heavy atom. The summed E-state index contributed by atoms with van der Waals surface area (Å²) >= 11 is 3.38. The number of anilines is 1. The lowest BCUT2D eigenvalue weighted by molar-refractivity contribution is -0.118. The van der Waals surface area contributed by atoms with Gasteiger partial charge in [-0.15, -0.1) is 23.1 Å². The minimum Gasteiger partial charge on any atom is -0.362 e. The van der Waals surface area contributed by atoms with Gasteiger partial charge in [0, 0.05) is 45.5 Å². The summed E-state index contributed by atoms with van der Waals surface area (Å²) in [5, 5.41) is 6.40. The SMILES string of the molecule is CSc1sc(C)cc1C1C(C(=O)Nc2cccc(C)n2)=C(C)NC2=C1C(=O)CC(C)(C)C2. The van der Waals surface area contributed by atoms with E-state index in [0.717, 1.165) is 38.9 Å². The van der Waals surface area contributed by atoms with Crippen LogP contribution in [0.4, 0.5) is 5.82 Å². The number of carbonyl (C=O) groups is 2. The van der Waals surface area contributed by atoms with Gasteiger partial charge in [0.05, 0.1) is 4.21 Å². The molecule has 0 radical (unpaired) electrons. The summed E-state index contributed by atoms with van der Waals surface area (Å²) in [6.45, 7) is 10.1. The Kier molecular flexibility index (Phi) is 6.07. The van der Waals surface area contributed by atoms with Crippen molar-refractivity contribution in [1.82, 2.24) is 10.3 Å². The molecule has 0 spiro atoms. The molecule has 2 aliphatic rings. The summed E-state index contributed by atoms with van der Waals surface area (Å²) in [5.74, 6) is 0.0258. The van der Waals surface area contributed by atoms with Crippen molar-refractivity contribution < 1.29 is 9.59 Å². The first kappa shape index (κ1) is 22.8. The van der Waals surface area contributed by atoms with E-state index in [1.165, 1.54) is 4.88 Å². The summed E-state index contributed by atoms with van der Waals surface area (Å²) in [7, 11) is 0. The van der Waals surface area contributed by atoms with Crippen LogP contribution in [-0.2, 0) is 9.59 Å². The zero-order chi connectivity index (χ0) is 23.2. The number of aryl methyl sites for hydroxylation is 2. The van der Waals surface area contributed by atoms with Crippen LogP contribution in [0.5, 0.6) is 0 Å². The molecule has 0 aromatic carbocycles. The fourth-order valence-corrected chi connectivity index (χ4v) is 6.63. The number of dihydropyridines is 1. The second-order valence-corrected chi connectivity index (χ2v) is 11.7. The number of carbonyl (C=O) groups excluding carboxylic acids is 2. The zero-order valence-corrected chi connectivity index (χ0v) is 21.0. The van der Waals surface area contributed by atoms with Gasteiger partial charge in [0.25, 0.3) is 5.91 Å². The Labute approximate surface area is 197 Å². The van der Waals surface area contributed by atoms with Gasteiger partial charge in [0.15, 0.2) is 5.78 Å². The normalized spacial score (nSPS) is 20.2. The predicted molar refractivity (Wildman–Crippen MR) is 132 cm³/mol. The number of ketones is 1. The molecule has 168 valence electrons. The largest absolute Gasteiger partial charge is 0.362 e. The first-order valence-electron chi connectivity index (χ1n) is 10.7. The van der Waals surface area contributed by atoms with Crippen LogP contribution in [0.1, 0.15) is 55.7 Å². The van der Waals surface area contributed by atoms with Gasteiger partial charge in [-0.2, -0.15) is 0 Å². The average molecular weight is 468 g/mol. The van der Waals surface area contributed by atoms with Crippen molar-refractivity contribution in [2.24, 2.45) is 5.41 Å². The number of amides is 1. The number of hydrogen-bond donors (Lipinski definition) is 2. The molecule has 0 fully saturated rings. The van der Waals surface area contributed by atoms with Crippen molar-refractivity contribution >= 4 is 40.6 Å². The van der Waals surface area contributed by atoms with Gasteiger partial charge >= 0.3 is 0 Å². The molecule has 2 aromatic rings. The van der Waals surface area contributed by atoms with E-state index in [1.54, 1.807) is 29.2 Å². The molecule has 7 heteroatoms. The zero-order valence-electron chi connectivity index (χ0n) is 19.4. The molecule has 4 rings (SSSR count). The van der Waals surface area contributed by atoms with Crippen molar-refractivity contribution in [3.63, 3.8) is 0 Å². The van der Waals surface area contributed by atoms with Crippen LogP contribution in [0, 0.1) is 19.3 Å². The minimum atomic E-state index is -0.382. The van der Waals surface area contributed by atoms with Gasteiger partial charge < -0.3 is 10.6 Å². The third-order valence-electron chi connectivity index (χ3n) is 5.96. The standard InChI is InChI=1S/C25H29N3O2S2/c1-13-8-7-9-19(26-13)28-23(30)20-15(3)27-17-11-25(4,5)12-18(29)22(17)21(20)16-10-14(2)32-24(16)31-6/h7-10,21,27H,11-12H2,1-6H3,(H,26,28,30). The van der Waals surface area contributed by atoms with Crippen molar-refractivity contribution in [2.45, 2.75) is 57.6 Å². The molecule has 0 saturated heterocycles. The minimum absolute atomic E-state index is 0.105. The van der Waals surface area contributed by atoms with Crippen molar-refractivity contribution in [2.75, 3.05) is 11.6 Å². The molecular weight excluding hydrogens is 438 g/mol. The van der Waals surface area contributed by atoms with Gasteiger partial charge in [0.1, 0.15) is 5.82 Å². The van der Waals surface area contributed by atoms with E-state index in [9.17, 15) is 9.59 Å². The van der Waals surface area contributed by atoms with Crippen LogP contribution in [-0.4, -0.2) is 22.9 Å². The molecule has 1 aliphatic heterocycles. The number of thioether (sulfide) groups is 1. The van der Waals surface area contributed by atoms with E-state index in [2.05, 4.69) is 42.5 Å². The summed E-state index contributed by atoms with van der Waals surface area (Å²) in [5.41, 5.74) is 4.85. The van der Waals surface area contributed by atoms with Gasteiger partial charge in [0.2, 0.25) is 0 Å². The van der Waals surface area contributed by atoms with Crippen molar-refractivity contribution in [1.29, 1.82) is 0 Å². The second kappa shape index (κ2) is 8.52. The third kappa shape index (κ3) is 4.28. The van der Waals surface area contributed by atoms with E-state index >= 15 is 0 Å². The molecule has 5 nitrogen and oxygen atoms in total. The Morgan fingerprint density at radius 2 is 2.00 bits per heavy atom. The van der Waals surface area contributed by atoms with E-state index < -0.39 is 0 Å². The van der Waals surface area contributed by atoms with Crippen LogP contribution >= 0.6 is 23.1 Å². The number of thiophene rings is 1. The third-order valence-corrected chi connectivity index (χ3v) is 8.18. The fourth-order valence-electron chi connectivity index (χ4n) is 4.72. The average Bonchev–Trinajstić information content (AvgIpc) is 3.06. The topological polar surface area (TPSA) is 71.1 Å². The maximum atomic E-state index is 13.6. The van der Waals surface area contributed by atoms with Crippen LogP contribution in [0.25, 0.3) is 0 Å². The molecule has 0 bridgehead atoms. The second-order valence-electron chi connectivity index (χ2n) is 9.35. The maximum absolute atomic E-state index is 13.6. The van der Waals surface area contributed by atoms with E-state index in [4.69, 9.17) is 0 Å². The number of nitrogens with zero attached hydrogens (tertiary/aromatic N) is 1. The first-order valence-corrected chi connectivity index (χ1v) is 12.8. The molecule has 1 aliphatic carbocycles. The van der Waals surface area contributed by atoms with Crippen LogP contribution < -0.4 is 10.6 Å². The molecule has 1 atom stereocenters. The van der Waals surface area contributed by atoms with E-state index in [1.807, 2.05) is 32.2 Å². The predicted octanol–water partition coefficient (Wildman–Crippen LogP) is 5.72. The Bertz CT molecular complexity index is 1170. The number of aromatic nitrogens is 1. The number of rotatable bonds is 4. The van der Waals surface area contributed by atoms with Gasteiger partial charge in [-0.05, 0) is 62.6 Å². The number of nitrogens with one attached hydrogen (secondary N) is 2. The van der Waals surface area contributed by atoms with Gasteiger partial charge in [-0.25, -0.2) is 4.98 Å². The molecule has 0 saturated carbocycles. The summed E-state index contributed by atoms with van der Waals surface area (Å²) in [4.78, 5) is 32.6. The lowest BCUT2D eigenvalue weighted by Crippen LogP contribution is -2.39. The van der Waals surface area contributed by atoms with Gasteiger partial charge in [-0.3, -0.25) is 9.59 Å². The van der Waals surface area contributed by atoms with Gasteiger partial charge in [-0.1, -0.05) is 19.9 Å². The highest BCUT2D eigenvalue weighted by atomic mass is 32.2. The highest BCUT2D eigenvalue weighted by Gasteiger charge is 2.43. The number of allylic oxidation sites excluding steroid dienone is 3. The monoisotopic (exact) mass is 467 g/mol. The molecule has 32 heavy (non-hydrogen) atoms. The Hall–Kier alpha value is -2.38. The molecule has 3 heterocycles. The Balaban J connectivity index is 1.84. The number of pyridine rings is 1. The van der Waals surface area contributed by atoms with E-state index in [0.29, 0.717) is 17.8 Å². The smallest absolute Gasteiger partial charge is 0.255 e. The lowest BCUT2D eigenvalue weighted by atomic mass is 9.69. The van der Waals surface area contributed by atoms with Crippen LogP contribution in [0.2, 0.25) is 0 Å². The Morgan fingerprint density at radius 1 is 1.25 bits per heavy atom. The molecule has 1 unspecified atom stereocenters. The molecule has 2 aromatic heterocycles. The first-order chi connectivity index (χ1) is 15.1. The highest BCUT2D eigenvalue weighted by Crippen LogP contribution is 2.49. The number of Topliss-reactive ketones (excluding diaryl/α,β-unsaturated/α-hetero) is 1.